The van der Waals surface area contributed by atoms with E-state index >= 15 is 0 Å². The fraction of sp³-hybridized carbons (Fsp3) is 0.786. The number of aliphatic hydroxyl groups is 1. The first-order valence-corrected chi connectivity index (χ1v) is 6.79. The van der Waals surface area contributed by atoms with Gasteiger partial charge in [0.2, 0.25) is 5.91 Å². The standard InChI is InChI=1S/C14H27NO2/c1-2-3-4-5-6-7-8-9-11-14(17)15-12-10-13-16/h2,16H,1,3-13H2,(H,15,17). The maximum absolute atomic E-state index is 11.3. The zero-order chi connectivity index (χ0) is 12.8. The Morgan fingerprint density at radius 1 is 1.06 bits per heavy atom. The summed E-state index contributed by atoms with van der Waals surface area (Å²) < 4.78 is 0. The van der Waals surface area contributed by atoms with Gasteiger partial charge in [0, 0.05) is 19.6 Å². The molecule has 0 saturated carbocycles. The summed E-state index contributed by atoms with van der Waals surface area (Å²) >= 11 is 0. The fourth-order valence-electron chi connectivity index (χ4n) is 1.68. The van der Waals surface area contributed by atoms with Gasteiger partial charge >= 0.3 is 0 Å². The molecule has 0 heterocycles. The number of hydrogen-bond donors (Lipinski definition) is 2. The van der Waals surface area contributed by atoms with Crippen LogP contribution in [0.1, 0.15) is 57.8 Å². The molecule has 0 saturated heterocycles. The summed E-state index contributed by atoms with van der Waals surface area (Å²) in [6.45, 7) is 4.44. The molecule has 0 rings (SSSR count). The lowest BCUT2D eigenvalue weighted by Gasteiger charge is -2.04. The average Bonchev–Trinajstić information content (AvgIpc) is 2.33. The third-order valence-corrected chi connectivity index (χ3v) is 2.72. The van der Waals surface area contributed by atoms with E-state index in [0.29, 0.717) is 19.4 Å². The first-order chi connectivity index (χ1) is 8.31. The van der Waals surface area contributed by atoms with Crippen LogP contribution in [-0.4, -0.2) is 24.2 Å². The third kappa shape index (κ3) is 13.1. The molecule has 0 atom stereocenters. The van der Waals surface area contributed by atoms with Gasteiger partial charge in [-0.1, -0.05) is 31.8 Å². The summed E-state index contributed by atoms with van der Waals surface area (Å²) in [6, 6.07) is 0. The van der Waals surface area contributed by atoms with Gasteiger partial charge in [0.15, 0.2) is 0 Å². The molecule has 3 nitrogen and oxygen atoms in total. The molecule has 2 N–H and O–H groups in total. The molecule has 0 bridgehead atoms. The number of carbonyl (C=O) groups is 1. The second-order valence-electron chi connectivity index (χ2n) is 4.38. The zero-order valence-corrected chi connectivity index (χ0v) is 10.9. The van der Waals surface area contributed by atoms with Crippen molar-refractivity contribution in [2.24, 2.45) is 0 Å². The normalized spacial score (nSPS) is 10.2. The van der Waals surface area contributed by atoms with E-state index in [-0.39, 0.29) is 12.5 Å². The van der Waals surface area contributed by atoms with Gasteiger partial charge in [0.05, 0.1) is 0 Å². The number of unbranched alkanes of at least 4 members (excludes halogenated alkanes) is 6. The quantitative estimate of drug-likeness (QED) is 0.408. The SMILES string of the molecule is C=CCCCCCCCCC(=O)NCCCO. The van der Waals surface area contributed by atoms with Gasteiger partial charge in [0.1, 0.15) is 0 Å². The highest BCUT2D eigenvalue weighted by Crippen LogP contribution is 2.08. The zero-order valence-electron chi connectivity index (χ0n) is 10.9. The summed E-state index contributed by atoms with van der Waals surface area (Å²) in [5, 5.41) is 11.3. The van der Waals surface area contributed by atoms with Gasteiger partial charge in [-0.2, -0.15) is 0 Å². The molecular weight excluding hydrogens is 214 g/mol. The van der Waals surface area contributed by atoms with Crippen LogP contribution < -0.4 is 5.32 Å². The van der Waals surface area contributed by atoms with Crippen LogP contribution in [0.3, 0.4) is 0 Å². The summed E-state index contributed by atoms with van der Waals surface area (Å²) in [6.07, 6.45) is 11.5. The summed E-state index contributed by atoms with van der Waals surface area (Å²) in [5.74, 6) is 0.116. The second-order valence-corrected chi connectivity index (χ2v) is 4.38. The van der Waals surface area contributed by atoms with Crippen molar-refractivity contribution in [3.8, 4) is 0 Å². The highest BCUT2D eigenvalue weighted by Gasteiger charge is 1.99. The first-order valence-electron chi connectivity index (χ1n) is 6.79. The van der Waals surface area contributed by atoms with Crippen LogP contribution in [0.25, 0.3) is 0 Å². The summed E-state index contributed by atoms with van der Waals surface area (Å²) in [4.78, 5) is 11.3. The van der Waals surface area contributed by atoms with Crippen molar-refractivity contribution in [1.82, 2.24) is 5.32 Å². The molecule has 0 unspecified atom stereocenters. The van der Waals surface area contributed by atoms with E-state index < -0.39 is 0 Å². The number of carbonyl (C=O) groups excluding carboxylic acids is 1. The Morgan fingerprint density at radius 3 is 2.35 bits per heavy atom. The predicted octanol–water partition coefficient (Wildman–Crippen LogP) is 2.79. The Hall–Kier alpha value is -0.830. The maximum Gasteiger partial charge on any atom is 0.219 e. The molecule has 0 aliphatic heterocycles. The third-order valence-electron chi connectivity index (χ3n) is 2.72. The molecule has 17 heavy (non-hydrogen) atoms. The molecule has 3 heteroatoms. The summed E-state index contributed by atoms with van der Waals surface area (Å²) in [5.41, 5.74) is 0. The van der Waals surface area contributed by atoms with Gasteiger partial charge < -0.3 is 10.4 Å². The Kier molecular flexibility index (Phi) is 12.6. The molecule has 0 aromatic rings. The van der Waals surface area contributed by atoms with Crippen LogP contribution in [0.2, 0.25) is 0 Å². The van der Waals surface area contributed by atoms with Gasteiger partial charge in [-0.3, -0.25) is 4.79 Å². The molecule has 0 spiro atoms. The number of hydrogen-bond acceptors (Lipinski definition) is 2. The van der Waals surface area contributed by atoms with Crippen molar-refractivity contribution in [2.75, 3.05) is 13.2 Å². The largest absolute Gasteiger partial charge is 0.396 e. The van der Waals surface area contributed by atoms with Gasteiger partial charge in [-0.15, -0.1) is 6.58 Å². The number of aliphatic hydroxyl groups excluding tert-OH is 1. The molecular formula is C14H27NO2. The lowest BCUT2D eigenvalue weighted by molar-refractivity contribution is -0.121. The molecule has 1 amide bonds. The van der Waals surface area contributed by atoms with Crippen molar-refractivity contribution in [2.45, 2.75) is 57.8 Å². The van der Waals surface area contributed by atoms with E-state index in [9.17, 15) is 4.79 Å². The first kappa shape index (κ1) is 16.2. The number of amides is 1. The van der Waals surface area contributed by atoms with Crippen LogP contribution >= 0.6 is 0 Å². The number of allylic oxidation sites excluding steroid dienone is 1. The number of nitrogens with one attached hydrogen (secondary N) is 1. The van der Waals surface area contributed by atoms with E-state index in [1.54, 1.807) is 0 Å². The van der Waals surface area contributed by atoms with Crippen molar-refractivity contribution in [3.63, 3.8) is 0 Å². The molecule has 0 radical (unpaired) electrons. The van der Waals surface area contributed by atoms with Crippen molar-refractivity contribution >= 4 is 5.91 Å². The minimum absolute atomic E-state index is 0.116. The lowest BCUT2D eigenvalue weighted by Crippen LogP contribution is -2.24. The fourth-order valence-corrected chi connectivity index (χ4v) is 1.68. The van der Waals surface area contributed by atoms with E-state index in [0.717, 1.165) is 19.3 Å². The van der Waals surface area contributed by atoms with Crippen molar-refractivity contribution in [3.05, 3.63) is 12.7 Å². The van der Waals surface area contributed by atoms with E-state index in [4.69, 9.17) is 5.11 Å². The lowest BCUT2D eigenvalue weighted by atomic mass is 10.1. The Labute approximate surface area is 105 Å². The highest BCUT2D eigenvalue weighted by atomic mass is 16.3. The van der Waals surface area contributed by atoms with Crippen molar-refractivity contribution in [1.29, 1.82) is 0 Å². The van der Waals surface area contributed by atoms with Crippen LogP contribution in [0.15, 0.2) is 12.7 Å². The van der Waals surface area contributed by atoms with E-state index in [1.165, 1.54) is 25.7 Å². The maximum atomic E-state index is 11.3. The smallest absolute Gasteiger partial charge is 0.219 e. The Bertz CT molecular complexity index is 193. The molecule has 100 valence electrons. The Morgan fingerprint density at radius 2 is 1.71 bits per heavy atom. The second kappa shape index (κ2) is 13.2. The molecule has 0 aliphatic rings. The van der Waals surface area contributed by atoms with Crippen LogP contribution in [0, 0.1) is 0 Å². The van der Waals surface area contributed by atoms with Crippen LogP contribution in [0.5, 0.6) is 0 Å². The Balaban J connectivity index is 3.11. The van der Waals surface area contributed by atoms with Crippen LogP contribution in [-0.2, 0) is 4.79 Å². The molecule has 0 fully saturated rings. The topological polar surface area (TPSA) is 49.3 Å². The molecule has 0 aromatic heterocycles. The monoisotopic (exact) mass is 241 g/mol. The summed E-state index contributed by atoms with van der Waals surface area (Å²) in [7, 11) is 0. The van der Waals surface area contributed by atoms with Gasteiger partial charge in [-0.05, 0) is 25.7 Å². The van der Waals surface area contributed by atoms with Gasteiger partial charge in [-0.25, -0.2) is 0 Å². The predicted molar refractivity (Wildman–Crippen MR) is 71.8 cm³/mol. The minimum atomic E-state index is 0.116. The van der Waals surface area contributed by atoms with E-state index in [1.807, 2.05) is 6.08 Å². The highest BCUT2D eigenvalue weighted by molar-refractivity contribution is 5.75. The van der Waals surface area contributed by atoms with Crippen molar-refractivity contribution < 1.29 is 9.90 Å². The van der Waals surface area contributed by atoms with Crippen LogP contribution in [0.4, 0.5) is 0 Å². The minimum Gasteiger partial charge on any atom is -0.396 e. The van der Waals surface area contributed by atoms with E-state index in [2.05, 4.69) is 11.9 Å². The number of rotatable bonds is 12. The molecule has 0 aliphatic carbocycles. The molecule has 0 aromatic carbocycles. The average molecular weight is 241 g/mol. The van der Waals surface area contributed by atoms with Gasteiger partial charge in [0.25, 0.3) is 0 Å².